The second kappa shape index (κ2) is 13.2. The highest BCUT2D eigenvalue weighted by Gasteiger charge is 2.34. The first-order chi connectivity index (χ1) is 19.2. The third-order valence-electron chi connectivity index (χ3n) is 6.89. The van der Waals surface area contributed by atoms with Crippen molar-refractivity contribution >= 4 is 43.1 Å². The third kappa shape index (κ3) is 6.17. The zero-order valence-corrected chi connectivity index (χ0v) is 25.0. The molecule has 0 N–H and O–H groups in total. The largest absolute Gasteiger partial charge is 0.312 e. The van der Waals surface area contributed by atoms with Crippen molar-refractivity contribution in [2.75, 3.05) is 4.44 Å². The van der Waals surface area contributed by atoms with E-state index in [-0.39, 0.29) is 0 Å². The predicted octanol–water partition coefficient (Wildman–Crippen LogP) is 8.41. The summed E-state index contributed by atoms with van der Waals surface area (Å²) in [4.78, 5) is 0. The van der Waals surface area contributed by atoms with Gasteiger partial charge in [-0.05, 0) is 30.9 Å². The Morgan fingerprint density at radius 2 is 0.872 bits per heavy atom. The van der Waals surface area contributed by atoms with Crippen molar-refractivity contribution in [2.24, 2.45) is 0 Å². The Morgan fingerprint density at radius 3 is 1.21 bits per heavy atom. The van der Waals surface area contributed by atoms with Gasteiger partial charge in [0.1, 0.15) is 0 Å². The molecule has 0 saturated carbocycles. The highest BCUT2D eigenvalue weighted by atomic mass is 31.2. The summed E-state index contributed by atoms with van der Waals surface area (Å²) in [6, 6.07) is 49.6. The minimum Gasteiger partial charge on any atom is -0.312 e. The molecule has 0 heterocycles. The molecule has 0 aliphatic carbocycles. The van der Waals surface area contributed by atoms with Crippen molar-refractivity contribution in [1.82, 2.24) is 0 Å². The molecule has 0 aliphatic heterocycles. The number of hydrogen-bond acceptors (Lipinski definition) is 1. The van der Waals surface area contributed by atoms with Crippen LogP contribution in [0.2, 0.25) is 0 Å². The fraction of sp³-hybridized carbons (Fsp3) is 0.167. The molecule has 39 heavy (non-hydrogen) atoms. The zero-order valence-electron chi connectivity index (χ0n) is 23.2. The summed E-state index contributed by atoms with van der Waals surface area (Å²) in [5, 5.41) is 5.51. The van der Waals surface area contributed by atoms with Crippen LogP contribution in [0.5, 0.6) is 0 Å². The molecule has 5 aromatic rings. The summed E-state index contributed by atoms with van der Waals surface area (Å²) in [5.74, 6) is 0. The number of nitrogens with zero attached hydrogens (tertiary/aromatic N) is 1. The number of rotatable bonds is 10. The molecule has 0 radical (unpaired) electrons. The molecule has 0 saturated heterocycles. The predicted molar refractivity (Wildman–Crippen MR) is 175 cm³/mol. The summed E-state index contributed by atoms with van der Waals surface area (Å²) >= 11 is 0. The minimum absolute atomic E-state index is 0.874. The monoisotopic (exact) mass is 545 g/mol. The van der Waals surface area contributed by atoms with Crippen LogP contribution in [0.1, 0.15) is 37.0 Å². The highest BCUT2D eigenvalue weighted by Crippen LogP contribution is 2.58. The maximum atomic E-state index is 2.86. The molecule has 1 nitrogen and oxygen atoms in total. The lowest BCUT2D eigenvalue weighted by molar-refractivity contribution is 0.916. The van der Waals surface area contributed by atoms with E-state index < -0.39 is 16.1 Å². The van der Waals surface area contributed by atoms with E-state index in [1.54, 1.807) is 0 Å². The quantitative estimate of drug-likeness (QED) is 0.159. The van der Waals surface area contributed by atoms with Gasteiger partial charge in [0.05, 0.1) is 21.8 Å². The average Bonchev–Trinajstić information content (AvgIpc) is 2.99. The van der Waals surface area contributed by atoms with E-state index in [4.69, 9.17) is 0 Å². The molecule has 0 bridgehead atoms. The molecule has 0 fully saturated rings. The van der Waals surface area contributed by atoms with Crippen LogP contribution in [0.25, 0.3) is 0 Å². The van der Waals surface area contributed by atoms with Crippen LogP contribution < -0.4 is 25.7 Å². The van der Waals surface area contributed by atoms with Crippen LogP contribution in [-0.2, 0) is 12.8 Å². The molecule has 0 spiro atoms. The molecule has 5 rings (SSSR count). The normalized spacial score (nSPS) is 11.2. The van der Waals surface area contributed by atoms with Gasteiger partial charge < -0.3 is 4.44 Å². The van der Waals surface area contributed by atoms with Gasteiger partial charge >= 0.3 is 0 Å². The van der Waals surface area contributed by atoms with Gasteiger partial charge in [-0.15, -0.1) is 0 Å². The molecule has 3 heteroatoms. The van der Waals surface area contributed by atoms with Crippen LogP contribution in [0.15, 0.2) is 133 Å². The van der Waals surface area contributed by atoms with E-state index in [1.807, 2.05) is 0 Å². The van der Waals surface area contributed by atoms with Crippen LogP contribution in [0.3, 0.4) is 0 Å². The highest BCUT2D eigenvalue weighted by molar-refractivity contribution is 7.90. The minimum atomic E-state index is -0.874. The van der Waals surface area contributed by atoms with Crippen LogP contribution >= 0.6 is 16.1 Å². The summed E-state index contributed by atoms with van der Waals surface area (Å²) in [6.45, 7) is 6.87. The van der Waals surface area contributed by atoms with Crippen molar-refractivity contribution in [2.45, 2.75) is 40.0 Å². The fourth-order valence-electron chi connectivity index (χ4n) is 5.22. The van der Waals surface area contributed by atoms with Crippen molar-refractivity contribution in [3.63, 3.8) is 0 Å². The zero-order chi connectivity index (χ0) is 27.0. The van der Waals surface area contributed by atoms with Crippen molar-refractivity contribution in [3.05, 3.63) is 150 Å². The third-order valence-corrected chi connectivity index (χ3v) is 12.3. The van der Waals surface area contributed by atoms with E-state index in [1.165, 1.54) is 43.6 Å². The van der Waals surface area contributed by atoms with E-state index in [0.29, 0.717) is 0 Å². The van der Waals surface area contributed by atoms with Crippen molar-refractivity contribution in [3.8, 4) is 0 Å². The van der Waals surface area contributed by atoms with Crippen LogP contribution in [0, 0.1) is 6.92 Å². The Hall–Kier alpha value is -3.24. The van der Waals surface area contributed by atoms with Gasteiger partial charge in [-0.25, -0.2) is 0 Å². The van der Waals surface area contributed by atoms with Crippen molar-refractivity contribution in [1.29, 1.82) is 0 Å². The summed E-state index contributed by atoms with van der Waals surface area (Å²) in [5.41, 5.74) is 5.69. The average molecular weight is 546 g/mol. The number of anilines is 1. The Balaban J connectivity index is 1.90. The SMILES string of the molecule is CCCc1cc(C)cc(CC)c1N(P(c1ccccc1)c1ccccc1)P(c1ccccc1)c1ccccc1. The molecular formula is C36H37NP2. The molecule has 0 unspecified atom stereocenters. The molecule has 0 atom stereocenters. The van der Waals surface area contributed by atoms with Gasteiger partial charge in [-0.2, -0.15) is 0 Å². The molecule has 0 aliphatic rings. The van der Waals surface area contributed by atoms with Crippen LogP contribution in [0.4, 0.5) is 5.69 Å². The van der Waals surface area contributed by atoms with E-state index in [9.17, 15) is 0 Å². The number of hydrogen-bond donors (Lipinski definition) is 0. The standard InChI is InChI=1S/C36H37NP2/c1-4-18-31-28-29(3)27-30(5-2)36(31)37(38(32-19-10-6-11-20-32)33-21-12-7-13-22-33)39(34-23-14-8-15-24-34)35-25-16-9-17-26-35/h6-17,19-28H,4-5,18H2,1-3H3. The Kier molecular flexibility index (Phi) is 9.26. The lowest BCUT2D eigenvalue weighted by Gasteiger charge is -2.42. The van der Waals surface area contributed by atoms with Gasteiger partial charge in [0.2, 0.25) is 0 Å². The first-order valence-electron chi connectivity index (χ1n) is 13.9. The molecule has 196 valence electrons. The molecular weight excluding hydrogens is 508 g/mol. The van der Waals surface area contributed by atoms with Gasteiger partial charge in [0.25, 0.3) is 0 Å². The Morgan fingerprint density at radius 1 is 0.513 bits per heavy atom. The molecule has 5 aromatic carbocycles. The summed E-state index contributed by atoms with van der Waals surface area (Å²) < 4.78 is 2.86. The lowest BCUT2D eigenvalue weighted by atomic mass is 9.99. The van der Waals surface area contributed by atoms with Gasteiger partial charge in [0.15, 0.2) is 0 Å². The summed E-state index contributed by atoms with van der Waals surface area (Å²) in [6.07, 6.45) is 3.19. The van der Waals surface area contributed by atoms with Gasteiger partial charge in [0, 0.05) is 21.2 Å². The maximum Gasteiger partial charge on any atom is 0.0590 e. The Labute approximate surface area is 237 Å². The number of aryl methyl sites for hydroxylation is 3. The van der Waals surface area contributed by atoms with E-state index in [2.05, 4.69) is 159 Å². The first-order valence-corrected chi connectivity index (χ1v) is 16.5. The van der Waals surface area contributed by atoms with E-state index in [0.717, 1.165) is 19.3 Å². The molecule has 0 amide bonds. The lowest BCUT2D eigenvalue weighted by Crippen LogP contribution is -2.33. The van der Waals surface area contributed by atoms with Gasteiger partial charge in [-0.1, -0.05) is 159 Å². The Bertz CT molecular complexity index is 1290. The van der Waals surface area contributed by atoms with E-state index >= 15 is 0 Å². The number of benzene rings is 5. The van der Waals surface area contributed by atoms with Crippen LogP contribution in [-0.4, -0.2) is 0 Å². The van der Waals surface area contributed by atoms with Crippen molar-refractivity contribution < 1.29 is 0 Å². The maximum absolute atomic E-state index is 2.86. The topological polar surface area (TPSA) is 3.24 Å². The fourth-order valence-corrected chi connectivity index (χ4v) is 11.4. The summed E-state index contributed by atoms with van der Waals surface area (Å²) in [7, 11) is -1.75. The molecule has 0 aromatic heterocycles. The smallest absolute Gasteiger partial charge is 0.0590 e. The first kappa shape index (κ1) is 27.3. The second-order valence-corrected chi connectivity index (χ2v) is 14.2. The second-order valence-electron chi connectivity index (χ2n) is 9.79. The van der Waals surface area contributed by atoms with Gasteiger partial charge in [-0.3, -0.25) is 0 Å².